The summed E-state index contributed by atoms with van der Waals surface area (Å²) in [5.74, 6) is -1.38. The zero-order chi connectivity index (χ0) is 13.7. The van der Waals surface area contributed by atoms with Crippen LogP contribution in [0.15, 0.2) is 24.3 Å². The normalized spacial score (nSPS) is 11.4. The number of hydrogen-bond donors (Lipinski definition) is 2. The van der Waals surface area contributed by atoms with Crippen LogP contribution in [0.4, 0.5) is 4.79 Å². The number of carbonyl (C=O) groups is 3. The van der Waals surface area contributed by atoms with Crippen LogP contribution in [0.3, 0.4) is 0 Å². The minimum absolute atomic E-state index is 0.372. The van der Waals surface area contributed by atoms with Gasteiger partial charge < -0.3 is 10.5 Å². The average molecular weight is 250 g/mol. The van der Waals surface area contributed by atoms with Gasteiger partial charge in [-0.3, -0.25) is 10.1 Å². The standard InChI is InChI=1S/C12H14N2O4/c1-7-5-3-4-6-9(7)11(16)18-8(2)10(15)14-12(13)17/h3-6,8H,1-2H3,(H3,13,14,15,17)/t8-/m1/s1. The van der Waals surface area contributed by atoms with E-state index < -0.39 is 24.0 Å². The van der Waals surface area contributed by atoms with E-state index in [0.717, 1.165) is 5.56 Å². The monoisotopic (exact) mass is 250 g/mol. The molecule has 0 radical (unpaired) electrons. The zero-order valence-corrected chi connectivity index (χ0v) is 10.1. The van der Waals surface area contributed by atoms with Crippen molar-refractivity contribution >= 4 is 17.9 Å². The Morgan fingerprint density at radius 1 is 1.28 bits per heavy atom. The molecule has 1 atom stereocenters. The van der Waals surface area contributed by atoms with Crippen LogP contribution in [0.25, 0.3) is 0 Å². The van der Waals surface area contributed by atoms with E-state index in [1.54, 1.807) is 31.2 Å². The summed E-state index contributed by atoms with van der Waals surface area (Å²) in [6, 6.07) is 5.84. The quantitative estimate of drug-likeness (QED) is 0.773. The molecule has 1 aromatic carbocycles. The summed E-state index contributed by atoms with van der Waals surface area (Å²) in [4.78, 5) is 33.5. The average Bonchev–Trinajstić information content (AvgIpc) is 2.28. The first-order valence-corrected chi connectivity index (χ1v) is 5.28. The second-order valence-electron chi connectivity index (χ2n) is 3.72. The fraction of sp³-hybridized carbons (Fsp3) is 0.250. The van der Waals surface area contributed by atoms with Gasteiger partial charge in [-0.15, -0.1) is 0 Å². The topological polar surface area (TPSA) is 98.5 Å². The van der Waals surface area contributed by atoms with Crippen LogP contribution in [0.1, 0.15) is 22.8 Å². The molecule has 6 nitrogen and oxygen atoms in total. The minimum Gasteiger partial charge on any atom is -0.449 e. The van der Waals surface area contributed by atoms with Gasteiger partial charge in [-0.2, -0.15) is 0 Å². The lowest BCUT2D eigenvalue weighted by Gasteiger charge is -2.12. The van der Waals surface area contributed by atoms with Crippen molar-refractivity contribution in [2.75, 3.05) is 0 Å². The largest absolute Gasteiger partial charge is 0.449 e. The summed E-state index contributed by atoms with van der Waals surface area (Å²) >= 11 is 0. The van der Waals surface area contributed by atoms with E-state index in [1.807, 2.05) is 5.32 Å². The maximum absolute atomic E-state index is 11.7. The molecule has 3 amide bonds. The van der Waals surface area contributed by atoms with Gasteiger partial charge in [0, 0.05) is 0 Å². The van der Waals surface area contributed by atoms with E-state index in [0.29, 0.717) is 5.56 Å². The van der Waals surface area contributed by atoms with Gasteiger partial charge in [0.2, 0.25) is 0 Å². The molecule has 1 aromatic rings. The Morgan fingerprint density at radius 3 is 2.44 bits per heavy atom. The molecule has 0 aliphatic rings. The predicted molar refractivity (Wildman–Crippen MR) is 63.8 cm³/mol. The molecule has 0 saturated carbocycles. The van der Waals surface area contributed by atoms with E-state index >= 15 is 0 Å². The van der Waals surface area contributed by atoms with Gasteiger partial charge in [-0.1, -0.05) is 18.2 Å². The van der Waals surface area contributed by atoms with Gasteiger partial charge in [-0.05, 0) is 25.5 Å². The SMILES string of the molecule is Cc1ccccc1C(=O)O[C@H](C)C(=O)NC(N)=O. The number of hydrogen-bond acceptors (Lipinski definition) is 4. The highest BCUT2D eigenvalue weighted by molar-refractivity contribution is 5.98. The van der Waals surface area contributed by atoms with E-state index in [2.05, 4.69) is 0 Å². The molecule has 0 saturated heterocycles. The molecule has 18 heavy (non-hydrogen) atoms. The molecule has 0 aliphatic heterocycles. The Labute approximate surface area is 104 Å². The number of benzene rings is 1. The number of carbonyl (C=O) groups excluding carboxylic acids is 3. The van der Waals surface area contributed by atoms with Gasteiger partial charge in [0.05, 0.1) is 5.56 Å². The van der Waals surface area contributed by atoms with Crippen molar-refractivity contribution in [3.8, 4) is 0 Å². The van der Waals surface area contributed by atoms with Crippen molar-refractivity contribution in [2.24, 2.45) is 5.73 Å². The molecule has 0 fully saturated rings. The van der Waals surface area contributed by atoms with Crippen LogP contribution >= 0.6 is 0 Å². The van der Waals surface area contributed by atoms with Crippen molar-refractivity contribution in [1.82, 2.24) is 5.32 Å². The number of ether oxygens (including phenoxy) is 1. The van der Waals surface area contributed by atoms with Crippen LogP contribution in [-0.2, 0) is 9.53 Å². The van der Waals surface area contributed by atoms with Gasteiger partial charge in [-0.25, -0.2) is 9.59 Å². The molecule has 0 unspecified atom stereocenters. The molecule has 0 heterocycles. The van der Waals surface area contributed by atoms with Crippen LogP contribution in [0, 0.1) is 6.92 Å². The lowest BCUT2D eigenvalue weighted by Crippen LogP contribution is -2.42. The predicted octanol–water partition coefficient (Wildman–Crippen LogP) is 0.735. The van der Waals surface area contributed by atoms with Crippen LogP contribution in [0.5, 0.6) is 0 Å². The highest BCUT2D eigenvalue weighted by Gasteiger charge is 2.20. The molecule has 0 aliphatic carbocycles. The Hall–Kier alpha value is -2.37. The number of nitrogens with two attached hydrogens (primary N) is 1. The number of aryl methyl sites for hydroxylation is 1. The zero-order valence-electron chi connectivity index (χ0n) is 10.1. The van der Waals surface area contributed by atoms with Crippen LogP contribution in [0.2, 0.25) is 0 Å². The van der Waals surface area contributed by atoms with Crippen molar-refractivity contribution < 1.29 is 19.1 Å². The Morgan fingerprint density at radius 2 is 1.89 bits per heavy atom. The number of esters is 1. The van der Waals surface area contributed by atoms with Crippen molar-refractivity contribution in [2.45, 2.75) is 20.0 Å². The second kappa shape index (κ2) is 5.81. The molecular weight excluding hydrogens is 236 g/mol. The fourth-order valence-electron chi connectivity index (χ4n) is 1.30. The van der Waals surface area contributed by atoms with Gasteiger partial charge in [0.25, 0.3) is 5.91 Å². The first-order chi connectivity index (χ1) is 8.41. The van der Waals surface area contributed by atoms with Crippen LogP contribution in [-0.4, -0.2) is 24.0 Å². The highest BCUT2D eigenvalue weighted by Crippen LogP contribution is 2.09. The van der Waals surface area contributed by atoms with Gasteiger partial charge >= 0.3 is 12.0 Å². The summed E-state index contributed by atoms with van der Waals surface area (Å²) < 4.78 is 4.92. The van der Waals surface area contributed by atoms with E-state index in [9.17, 15) is 14.4 Å². The summed E-state index contributed by atoms with van der Waals surface area (Å²) in [7, 11) is 0. The molecule has 6 heteroatoms. The van der Waals surface area contributed by atoms with Crippen molar-refractivity contribution in [3.05, 3.63) is 35.4 Å². The number of amides is 3. The lowest BCUT2D eigenvalue weighted by molar-refractivity contribution is -0.127. The number of urea groups is 1. The molecule has 1 rings (SSSR count). The molecule has 0 spiro atoms. The fourth-order valence-corrected chi connectivity index (χ4v) is 1.30. The van der Waals surface area contributed by atoms with Gasteiger partial charge in [0.1, 0.15) is 0 Å². The summed E-state index contributed by atoms with van der Waals surface area (Å²) in [6.07, 6.45) is -1.09. The second-order valence-corrected chi connectivity index (χ2v) is 3.72. The Bertz CT molecular complexity index is 485. The summed E-state index contributed by atoms with van der Waals surface area (Å²) in [6.45, 7) is 3.11. The summed E-state index contributed by atoms with van der Waals surface area (Å²) in [5, 5.41) is 1.84. The first-order valence-electron chi connectivity index (χ1n) is 5.28. The molecule has 0 bridgehead atoms. The molecule has 0 aromatic heterocycles. The van der Waals surface area contributed by atoms with E-state index in [4.69, 9.17) is 10.5 Å². The first kappa shape index (κ1) is 13.7. The molecule has 3 N–H and O–H groups in total. The number of imide groups is 1. The van der Waals surface area contributed by atoms with E-state index in [1.165, 1.54) is 6.92 Å². The maximum atomic E-state index is 11.7. The third-order valence-corrected chi connectivity index (χ3v) is 2.26. The lowest BCUT2D eigenvalue weighted by atomic mass is 10.1. The third kappa shape index (κ3) is 3.58. The third-order valence-electron chi connectivity index (χ3n) is 2.26. The van der Waals surface area contributed by atoms with Crippen LogP contribution < -0.4 is 11.1 Å². The Kier molecular flexibility index (Phi) is 4.42. The Balaban J connectivity index is 2.68. The maximum Gasteiger partial charge on any atom is 0.339 e. The van der Waals surface area contributed by atoms with Crippen molar-refractivity contribution in [1.29, 1.82) is 0 Å². The molecular formula is C12H14N2O4. The number of primary amides is 1. The van der Waals surface area contributed by atoms with Gasteiger partial charge in [0.15, 0.2) is 6.10 Å². The smallest absolute Gasteiger partial charge is 0.339 e. The number of nitrogens with one attached hydrogen (secondary N) is 1. The minimum atomic E-state index is -1.09. The highest BCUT2D eigenvalue weighted by atomic mass is 16.5. The summed E-state index contributed by atoms with van der Waals surface area (Å²) in [5.41, 5.74) is 5.90. The van der Waals surface area contributed by atoms with Crippen molar-refractivity contribution in [3.63, 3.8) is 0 Å². The van der Waals surface area contributed by atoms with E-state index in [-0.39, 0.29) is 0 Å². The number of rotatable bonds is 3. The molecule has 96 valence electrons.